The summed E-state index contributed by atoms with van der Waals surface area (Å²) in [5.74, 6) is 3.00. The number of nitrogens with zero attached hydrogens (tertiary/aromatic N) is 6. The number of aryl methyl sites for hydroxylation is 4. The molecule has 2 aromatic carbocycles. The summed E-state index contributed by atoms with van der Waals surface area (Å²) in [5, 5.41) is 25.2. The molecule has 7 heterocycles. The van der Waals surface area contributed by atoms with Gasteiger partial charge >= 0.3 is 169 Å². The zero-order chi connectivity index (χ0) is 61.1. The Morgan fingerprint density at radius 2 is 1.07 bits per heavy atom. The number of aromatic nitrogens is 10. The molecule has 0 atom stereocenters. The Morgan fingerprint density at radius 3 is 1.49 bits per heavy atom. The van der Waals surface area contributed by atoms with E-state index < -0.39 is 43.8 Å². The number of hydrogen-bond donors (Lipinski definition) is 4. The Bertz CT molecular complexity index is 3770. The second-order valence-corrected chi connectivity index (χ2v) is 24.7. The van der Waals surface area contributed by atoms with Gasteiger partial charge in [0.1, 0.15) is 24.6 Å². The minimum atomic E-state index is -4.37. The Morgan fingerprint density at radius 1 is 0.674 bits per heavy atom. The fraction of sp³-hybridized carbons (Fsp3) is 0.526. The minimum absolute atomic E-state index is 0. The number of aromatic amines is 4. The van der Waals surface area contributed by atoms with Gasteiger partial charge in [0.15, 0.2) is 0 Å². The van der Waals surface area contributed by atoms with E-state index in [9.17, 15) is 35.9 Å². The summed E-state index contributed by atoms with van der Waals surface area (Å²) in [6, 6.07) is 7.65. The molecule has 1 saturated heterocycles. The average molecular weight is 1510 g/mol. The van der Waals surface area contributed by atoms with Crippen LogP contribution in [0.5, 0.6) is 0 Å². The molecule has 6 aromatic heterocycles. The summed E-state index contributed by atoms with van der Waals surface area (Å²) in [5.41, 5.74) is 10.9. The van der Waals surface area contributed by atoms with Crippen LogP contribution in [0.4, 0.5) is 26.3 Å². The molecule has 5 fully saturated rings. The molecule has 0 bridgehead atoms. The summed E-state index contributed by atoms with van der Waals surface area (Å²) >= 11 is 3.44. The van der Waals surface area contributed by atoms with Gasteiger partial charge in [-0.1, -0.05) is 37.2 Å². The molecule has 5 aliphatic rings. The Hall–Kier alpha value is -2.60. The van der Waals surface area contributed by atoms with E-state index in [2.05, 4.69) is 82.0 Å². The zero-order valence-electron chi connectivity index (χ0n) is 51.4. The van der Waals surface area contributed by atoms with Gasteiger partial charge in [-0.25, -0.2) is 9.59 Å². The van der Waals surface area contributed by atoms with E-state index in [1.165, 1.54) is 0 Å². The fourth-order valence-electron chi connectivity index (χ4n) is 10.3. The molecular weight excluding hydrogens is 1440 g/mol. The third-order valence-electron chi connectivity index (χ3n) is 15.2. The quantitative estimate of drug-likeness (QED) is 0.0387. The first-order chi connectivity index (χ1) is 39.4. The molecule has 0 amide bonds. The van der Waals surface area contributed by atoms with Gasteiger partial charge in [0, 0.05) is 51.4 Å². The number of fused-ring (bicyclic) bond motifs is 2. The Labute approximate surface area is 619 Å². The van der Waals surface area contributed by atoms with Crippen LogP contribution < -0.4 is 160 Å². The summed E-state index contributed by atoms with van der Waals surface area (Å²) in [6.45, 7) is 19.7. The summed E-state index contributed by atoms with van der Waals surface area (Å²) < 4.78 is 104. The normalized spacial score (nSPS) is 16.9. The third-order valence-corrected chi connectivity index (χ3v) is 16.0. The minimum Gasteiger partial charge on any atom is -1.00 e. The second kappa shape index (κ2) is 28.1. The van der Waals surface area contributed by atoms with E-state index in [-0.39, 0.29) is 175 Å². The van der Waals surface area contributed by atoms with Crippen molar-refractivity contribution in [1.29, 1.82) is 0 Å². The van der Waals surface area contributed by atoms with Crippen molar-refractivity contribution in [3.05, 3.63) is 95.4 Å². The molecule has 454 valence electrons. The molecule has 0 spiro atoms. The molecular formula is C57H68BBrCs2F6N10O9. The molecule has 19 nitrogen and oxygen atoms in total. The predicted molar refractivity (Wildman–Crippen MR) is 303 cm³/mol. The summed E-state index contributed by atoms with van der Waals surface area (Å²) in [7, 11) is -0.589. The van der Waals surface area contributed by atoms with Crippen molar-refractivity contribution in [2.75, 3.05) is 0 Å². The first-order valence-electron chi connectivity index (χ1n) is 27.9. The van der Waals surface area contributed by atoms with Gasteiger partial charge in [-0.2, -0.15) is 36.5 Å². The Balaban J connectivity index is 0.000000200. The standard InChI is InChI=1S/C23H22F3N5O2.C18H22BN3O4.C11H12BrF3N2.C4H10.CH2O3.2Cs.H/c1-10-17(11(2)33-30-10)14-7-15(20-16(8-14)27-22(32)28-20)18-19(12-3-4-12)29-31(9-23(24,25)26)21(18)13-5-6-13;1-9-14(10(2)24-22-9)11-7-12(15-13(8-11)20-16(23)21-15)19-25-17(3,4)18(5,6)26-19;12-8-9(6-1-2-6)16-17(5-11(13,14)15)10(8)7-3-4-7;1-4(2)3;2-1-4-3;;;/h7-8,12-13H,3-6,9H2,1-2H3,(H2,27,28,32);7-8H,1-6H3,(H2,20,21,23);6-7H,1-5H2;4H,1-3H3;1,3H;;;/q;;;;;2*+1;-1/p-1. The van der Waals surface area contributed by atoms with Gasteiger partial charge < -0.3 is 49.9 Å². The second-order valence-electron chi connectivity index (χ2n) is 23.9. The fourth-order valence-corrected chi connectivity index (χ4v) is 11.3. The van der Waals surface area contributed by atoms with E-state index in [4.69, 9.17) is 28.4 Å². The van der Waals surface area contributed by atoms with E-state index in [0.717, 1.165) is 127 Å². The molecule has 13 rings (SSSR count). The third kappa shape index (κ3) is 16.7. The van der Waals surface area contributed by atoms with E-state index in [0.29, 0.717) is 56.4 Å². The van der Waals surface area contributed by atoms with Crippen molar-refractivity contribution < 1.29 is 199 Å². The number of alkyl halides is 6. The van der Waals surface area contributed by atoms with Crippen molar-refractivity contribution in [3.8, 4) is 33.4 Å². The molecule has 86 heavy (non-hydrogen) atoms. The molecule has 1 aliphatic heterocycles. The maximum absolute atomic E-state index is 13.4. The van der Waals surface area contributed by atoms with Crippen LogP contribution in [0.3, 0.4) is 0 Å². The van der Waals surface area contributed by atoms with Crippen molar-refractivity contribution in [2.24, 2.45) is 5.92 Å². The summed E-state index contributed by atoms with van der Waals surface area (Å²) in [6.07, 6.45) is -1.06. The monoisotopic (exact) mass is 1510 g/mol. The van der Waals surface area contributed by atoms with Crippen molar-refractivity contribution in [2.45, 2.75) is 188 Å². The predicted octanol–water partition coefficient (Wildman–Crippen LogP) is 5.92. The van der Waals surface area contributed by atoms with Gasteiger partial charge in [-0.05, 0) is 158 Å². The molecule has 4 N–H and O–H groups in total. The number of carbonyl (C=O) groups excluding carboxylic acids is 1. The van der Waals surface area contributed by atoms with E-state index in [1.54, 1.807) is 0 Å². The SMILES string of the molecule is CC(C)C.Cc1noc(C)c1-c1cc(-c2c(C3CC3)nn(CC(F)(F)F)c2C2CC2)c2[nH]c(=O)[nH]c2c1.Cc1noc(C)c1-c1cc(B2OC(C)(C)C(C)(C)O2)c2[nH]c(=O)[nH]c2c1.FC(F)(F)Cn1nc(C2CC2)c(Br)c1C1CC1.O=CO[O-].[Cs+].[Cs+].[H-]. The average Bonchev–Trinajstić information content (AvgIpc) is 1.75. The van der Waals surface area contributed by atoms with Crippen LogP contribution in [-0.4, -0.2) is 87.0 Å². The Kier molecular flexibility index (Phi) is 23.1. The van der Waals surface area contributed by atoms with Gasteiger partial charge in [0.2, 0.25) is 0 Å². The summed E-state index contributed by atoms with van der Waals surface area (Å²) in [4.78, 5) is 46.8. The molecule has 4 saturated carbocycles. The van der Waals surface area contributed by atoms with Crippen LogP contribution in [0.25, 0.3) is 55.4 Å². The maximum Gasteiger partial charge on any atom is 1.00 e. The van der Waals surface area contributed by atoms with E-state index in [1.807, 2.05) is 79.7 Å². The first kappa shape index (κ1) is 70.8. The molecule has 8 aromatic rings. The van der Waals surface area contributed by atoms with Gasteiger partial charge in [0.25, 0.3) is 6.47 Å². The zero-order valence-corrected chi connectivity index (χ0v) is 64.6. The number of nitrogens with one attached hydrogen (secondary N) is 4. The number of halogens is 7. The van der Waals surface area contributed by atoms with Crippen LogP contribution in [0.1, 0.15) is 171 Å². The topological polar surface area (TPSA) is 253 Å². The van der Waals surface area contributed by atoms with Crippen molar-refractivity contribution in [1.82, 2.24) is 49.8 Å². The number of benzene rings is 2. The van der Waals surface area contributed by atoms with Crippen molar-refractivity contribution in [3.63, 3.8) is 0 Å². The van der Waals surface area contributed by atoms with Gasteiger partial charge in [-0.15, -0.1) is 0 Å². The van der Waals surface area contributed by atoms with Crippen LogP contribution in [0.15, 0.2) is 47.4 Å². The van der Waals surface area contributed by atoms with Crippen LogP contribution >= 0.6 is 15.9 Å². The molecule has 4 aliphatic carbocycles. The smallest absolute Gasteiger partial charge is 1.00 e. The first-order valence-corrected chi connectivity index (χ1v) is 28.6. The maximum atomic E-state index is 13.4. The molecule has 0 radical (unpaired) electrons. The van der Waals surface area contributed by atoms with E-state index >= 15 is 0 Å². The number of rotatable bonds is 11. The van der Waals surface area contributed by atoms with Crippen LogP contribution in [0, 0.1) is 33.6 Å². The molecule has 29 heteroatoms. The number of carbonyl (C=O) groups is 1. The van der Waals surface area contributed by atoms with Gasteiger partial charge in [0.05, 0.1) is 71.9 Å². The number of hydrogen-bond acceptors (Lipinski definition) is 13. The van der Waals surface area contributed by atoms with Crippen LogP contribution in [-0.2, 0) is 32.1 Å². The number of imidazole rings is 2. The van der Waals surface area contributed by atoms with Gasteiger partial charge in [-0.3, -0.25) is 14.2 Å². The largest absolute Gasteiger partial charge is 1.00 e. The van der Waals surface area contributed by atoms with Crippen LogP contribution in [0.2, 0.25) is 0 Å². The van der Waals surface area contributed by atoms with Crippen molar-refractivity contribution >= 4 is 57.1 Å². The number of H-pyrrole nitrogens is 4. The molecule has 0 unspecified atom stereocenters.